The minimum atomic E-state index is 0.585. The monoisotopic (exact) mass is 816 g/mol. The van der Waals surface area contributed by atoms with Crippen LogP contribution in [0.15, 0.2) is 223 Å². The van der Waals surface area contributed by atoms with E-state index in [4.69, 9.17) is 19.4 Å². The number of furan rings is 1. The van der Waals surface area contributed by atoms with Crippen molar-refractivity contribution in [2.75, 3.05) is 0 Å². The molecule has 3 heterocycles. The van der Waals surface area contributed by atoms with Crippen LogP contribution >= 0.6 is 0 Å². The van der Waals surface area contributed by atoms with Crippen LogP contribution in [0.1, 0.15) is 0 Å². The highest BCUT2D eigenvalue weighted by molar-refractivity contribution is 6.23. The van der Waals surface area contributed by atoms with Crippen LogP contribution in [0.3, 0.4) is 0 Å². The lowest BCUT2D eigenvalue weighted by Gasteiger charge is -2.20. The standard InChI is InChI=1S/C59H36N4O/c1-4-16-37(17-5-1)46-36-53(63-51-30-28-39-20-12-13-25-44(39)56(51)50-32-41-23-10-11-24-42(41)34-52(50)63)47(38-18-6-2-7-19-38)35-49(46)59-61-57(40-21-8-3-9-22-40)60-58(62-59)43-29-31-55-48(33-43)45-26-14-15-27-54(45)64-55/h1-36H. The zero-order chi connectivity index (χ0) is 42.1. The quantitative estimate of drug-likeness (QED) is 0.168. The van der Waals surface area contributed by atoms with E-state index in [1.54, 1.807) is 0 Å². The first-order chi connectivity index (χ1) is 31.7. The van der Waals surface area contributed by atoms with E-state index in [1.165, 1.54) is 32.3 Å². The summed E-state index contributed by atoms with van der Waals surface area (Å²) in [5.74, 6) is 1.77. The van der Waals surface area contributed by atoms with Crippen molar-refractivity contribution >= 4 is 65.3 Å². The van der Waals surface area contributed by atoms with Crippen LogP contribution in [-0.2, 0) is 0 Å². The highest BCUT2D eigenvalue weighted by Gasteiger charge is 2.24. The van der Waals surface area contributed by atoms with Gasteiger partial charge in [-0.25, -0.2) is 15.0 Å². The Kier molecular flexibility index (Phi) is 8.15. The number of aromatic nitrogens is 4. The highest BCUT2D eigenvalue weighted by atomic mass is 16.3. The van der Waals surface area contributed by atoms with Gasteiger partial charge in [-0.05, 0) is 92.8 Å². The fourth-order valence-corrected chi connectivity index (χ4v) is 9.60. The van der Waals surface area contributed by atoms with E-state index in [-0.39, 0.29) is 0 Å². The van der Waals surface area contributed by atoms with Gasteiger partial charge in [-0.15, -0.1) is 0 Å². The molecule has 5 nitrogen and oxygen atoms in total. The highest BCUT2D eigenvalue weighted by Crippen LogP contribution is 2.45. The number of hydrogen-bond acceptors (Lipinski definition) is 4. The second-order valence-electron chi connectivity index (χ2n) is 16.4. The number of nitrogens with zero attached hydrogens (tertiary/aromatic N) is 4. The average Bonchev–Trinajstić information content (AvgIpc) is 3.91. The molecule has 0 aliphatic rings. The van der Waals surface area contributed by atoms with Gasteiger partial charge in [0.05, 0.1) is 16.7 Å². The van der Waals surface area contributed by atoms with Crippen LogP contribution in [0.2, 0.25) is 0 Å². The van der Waals surface area contributed by atoms with Gasteiger partial charge in [0, 0.05) is 43.8 Å². The molecule has 0 N–H and O–H groups in total. The molecule has 0 aliphatic carbocycles. The number of para-hydroxylation sites is 1. The maximum absolute atomic E-state index is 6.23. The van der Waals surface area contributed by atoms with Crippen LogP contribution in [0.5, 0.6) is 0 Å². The molecular formula is C59H36N4O. The minimum Gasteiger partial charge on any atom is -0.456 e. The third kappa shape index (κ3) is 5.83. The molecule has 10 aromatic carbocycles. The molecule has 0 saturated heterocycles. The molecule has 5 heteroatoms. The fourth-order valence-electron chi connectivity index (χ4n) is 9.60. The van der Waals surface area contributed by atoms with E-state index in [0.29, 0.717) is 17.5 Å². The second kappa shape index (κ2) is 14.5. The van der Waals surface area contributed by atoms with Crippen LogP contribution < -0.4 is 0 Å². The lowest BCUT2D eigenvalue weighted by Crippen LogP contribution is -2.04. The molecule has 13 aromatic rings. The van der Waals surface area contributed by atoms with Gasteiger partial charge >= 0.3 is 0 Å². The molecule has 0 radical (unpaired) electrons. The first-order valence-corrected chi connectivity index (χ1v) is 21.6. The van der Waals surface area contributed by atoms with Crippen molar-refractivity contribution in [1.82, 2.24) is 19.5 Å². The summed E-state index contributed by atoms with van der Waals surface area (Å²) in [6.45, 7) is 0. The van der Waals surface area contributed by atoms with Gasteiger partial charge in [-0.1, -0.05) is 164 Å². The Morgan fingerprint density at radius 3 is 1.64 bits per heavy atom. The van der Waals surface area contributed by atoms with Crippen LogP contribution in [-0.4, -0.2) is 19.5 Å². The summed E-state index contributed by atoms with van der Waals surface area (Å²) in [5, 5.41) is 9.37. The molecule has 13 rings (SSSR count). The fraction of sp³-hybridized carbons (Fsp3) is 0. The smallest absolute Gasteiger partial charge is 0.164 e. The molecule has 0 unspecified atom stereocenters. The summed E-state index contributed by atoms with van der Waals surface area (Å²) >= 11 is 0. The predicted molar refractivity (Wildman–Crippen MR) is 264 cm³/mol. The van der Waals surface area contributed by atoms with Crippen molar-refractivity contribution < 1.29 is 4.42 Å². The molecule has 0 atom stereocenters. The summed E-state index contributed by atoms with van der Waals surface area (Å²) in [4.78, 5) is 15.9. The summed E-state index contributed by atoms with van der Waals surface area (Å²) in [7, 11) is 0. The molecule has 0 spiro atoms. The van der Waals surface area contributed by atoms with Gasteiger partial charge in [0.2, 0.25) is 0 Å². The largest absolute Gasteiger partial charge is 0.456 e. The molecule has 0 amide bonds. The Bertz CT molecular complexity index is 3950. The SMILES string of the molecule is c1ccc(-c2nc(-c3ccc4oc5ccccc5c4c3)nc(-c3cc(-c4ccccc4)c(-n4c5cc6ccccc6cc5c5c6ccccc6ccc54)cc3-c3ccccc3)n2)cc1. The van der Waals surface area contributed by atoms with Gasteiger partial charge in [-0.2, -0.15) is 0 Å². The Morgan fingerprint density at radius 1 is 0.312 bits per heavy atom. The molecule has 0 saturated carbocycles. The number of hydrogen-bond donors (Lipinski definition) is 0. The van der Waals surface area contributed by atoms with Crippen molar-refractivity contribution in [2.45, 2.75) is 0 Å². The van der Waals surface area contributed by atoms with Crippen molar-refractivity contribution in [3.05, 3.63) is 218 Å². The zero-order valence-corrected chi connectivity index (χ0v) is 34.5. The molecule has 0 aliphatic heterocycles. The lowest BCUT2D eigenvalue weighted by molar-refractivity contribution is 0.669. The normalized spacial score (nSPS) is 11.8. The van der Waals surface area contributed by atoms with Crippen LogP contribution in [0.4, 0.5) is 0 Å². The van der Waals surface area contributed by atoms with Gasteiger partial charge in [-0.3, -0.25) is 0 Å². The first-order valence-electron chi connectivity index (χ1n) is 21.6. The first kappa shape index (κ1) is 36.0. The van der Waals surface area contributed by atoms with E-state index in [0.717, 1.165) is 77.6 Å². The van der Waals surface area contributed by atoms with E-state index >= 15 is 0 Å². The molecule has 0 bridgehead atoms. The maximum Gasteiger partial charge on any atom is 0.164 e. The van der Waals surface area contributed by atoms with Crippen molar-refractivity contribution in [3.63, 3.8) is 0 Å². The van der Waals surface area contributed by atoms with Crippen molar-refractivity contribution in [1.29, 1.82) is 0 Å². The lowest BCUT2D eigenvalue weighted by atomic mass is 9.92. The number of rotatable bonds is 6. The Morgan fingerprint density at radius 2 is 0.891 bits per heavy atom. The zero-order valence-electron chi connectivity index (χ0n) is 34.5. The summed E-state index contributed by atoms with van der Waals surface area (Å²) in [5.41, 5.74) is 11.9. The molecule has 298 valence electrons. The van der Waals surface area contributed by atoms with E-state index in [1.807, 2.05) is 48.5 Å². The van der Waals surface area contributed by atoms with E-state index in [9.17, 15) is 0 Å². The third-order valence-corrected chi connectivity index (χ3v) is 12.6. The maximum atomic E-state index is 6.23. The third-order valence-electron chi connectivity index (χ3n) is 12.6. The molecule has 0 fully saturated rings. The summed E-state index contributed by atoms with van der Waals surface area (Å²) < 4.78 is 8.70. The Labute approximate surface area is 368 Å². The van der Waals surface area contributed by atoms with Crippen LogP contribution in [0, 0.1) is 0 Å². The van der Waals surface area contributed by atoms with Crippen molar-refractivity contribution in [3.8, 4) is 62.1 Å². The molecular weight excluding hydrogens is 781 g/mol. The number of benzene rings is 10. The molecule has 64 heavy (non-hydrogen) atoms. The second-order valence-corrected chi connectivity index (χ2v) is 16.4. The van der Waals surface area contributed by atoms with Gasteiger partial charge in [0.25, 0.3) is 0 Å². The predicted octanol–water partition coefficient (Wildman–Crippen LogP) is 15.5. The average molecular weight is 817 g/mol. The summed E-state index contributed by atoms with van der Waals surface area (Å²) in [6.07, 6.45) is 0. The van der Waals surface area contributed by atoms with Crippen LogP contribution in [0.25, 0.3) is 127 Å². The number of fused-ring (bicyclic) bond motifs is 9. The van der Waals surface area contributed by atoms with Crippen molar-refractivity contribution in [2.24, 2.45) is 0 Å². The minimum absolute atomic E-state index is 0.585. The van der Waals surface area contributed by atoms with Gasteiger partial charge in [0.15, 0.2) is 17.5 Å². The Hall–Kier alpha value is -8.67. The van der Waals surface area contributed by atoms with Gasteiger partial charge in [0.1, 0.15) is 11.2 Å². The topological polar surface area (TPSA) is 56.7 Å². The van der Waals surface area contributed by atoms with E-state index < -0.39 is 0 Å². The van der Waals surface area contributed by atoms with Gasteiger partial charge < -0.3 is 8.98 Å². The van der Waals surface area contributed by atoms with E-state index in [2.05, 4.69) is 174 Å². The molecule has 3 aromatic heterocycles. The Balaban J connectivity index is 1.14. The summed E-state index contributed by atoms with van der Waals surface area (Å²) in [6, 6.07) is 77.2.